The van der Waals surface area contributed by atoms with Crippen molar-refractivity contribution in [1.29, 1.82) is 0 Å². The van der Waals surface area contributed by atoms with Gasteiger partial charge in [-0.25, -0.2) is 9.78 Å². The first kappa shape index (κ1) is 16.3. The number of nitro benzene ring substituents is 1. The predicted octanol–water partition coefficient (Wildman–Crippen LogP) is 2.27. The van der Waals surface area contributed by atoms with Crippen LogP contribution < -0.4 is 5.56 Å². The second kappa shape index (κ2) is 6.52. The molecule has 2 aromatic heterocycles. The van der Waals surface area contributed by atoms with Crippen molar-refractivity contribution in [2.75, 3.05) is 0 Å². The van der Waals surface area contributed by atoms with Gasteiger partial charge in [0.2, 0.25) is 0 Å². The van der Waals surface area contributed by atoms with Crippen molar-refractivity contribution in [1.82, 2.24) is 9.38 Å². The SMILES string of the molecule is Cc1cccn2c(=O)cc(COC(=O)c3ccccc3[N+](=O)[O-])nc12. The second-order valence-corrected chi connectivity index (χ2v) is 5.32. The number of hydrogen-bond donors (Lipinski definition) is 0. The summed E-state index contributed by atoms with van der Waals surface area (Å²) in [6.07, 6.45) is 1.60. The molecule has 8 nitrogen and oxygen atoms in total. The van der Waals surface area contributed by atoms with Gasteiger partial charge < -0.3 is 4.74 Å². The van der Waals surface area contributed by atoms with Crippen LogP contribution in [0.5, 0.6) is 0 Å². The van der Waals surface area contributed by atoms with Gasteiger partial charge in [0.05, 0.1) is 10.6 Å². The van der Waals surface area contributed by atoms with Crippen LogP contribution in [0.25, 0.3) is 5.65 Å². The number of ether oxygens (including phenoxy) is 1. The molecule has 0 N–H and O–H groups in total. The molecule has 0 spiro atoms. The van der Waals surface area contributed by atoms with Crippen LogP contribution in [0.4, 0.5) is 5.69 Å². The third-order valence-electron chi connectivity index (χ3n) is 3.61. The van der Waals surface area contributed by atoms with Gasteiger partial charge in [-0.1, -0.05) is 18.2 Å². The van der Waals surface area contributed by atoms with E-state index in [1.54, 1.807) is 12.3 Å². The first-order chi connectivity index (χ1) is 12.0. The minimum atomic E-state index is -0.848. The van der Waals surface area contributed by atoms with Crippen molar-refractivity contribution in [3.63, 3.8) is 0 Å². The lowest BCUT2D eigenvalue weighted by atomic mass is 10.2. The Hall–Kier alpha value is -3.55. The number of nitrogens with zero attached hydrogens (tertiary/aromatic N) is 3. The summed E-state index contributed by atoms with van der Waals surface area (Å²) in [6, 6.07) is 10.3. The number of pyridine rings is 1. The number of fused-ring (bicyclic) bond motifs is 1. The van der Waals surface area contributed by atoms with Crippen molar-refractivity contribution in [2.24, 2.45) is 0 Å². The van der Waals surface area contributed by atoms with Crippen LogP contribution >= 0.6 is 0 Å². The smallest absolute Gasteiger partial charge is 0.345 e. The Kier molecular flexibility index (Phi) is 4.25. The molecule has 25 heavy (non-hydrogen) atoms. The third-order valence-corrected chi connectivity index (χ3v) is 3.61. The number of carbonyl (C=O) groups is 1. The van der Waals surface area contributed by atoms with Crippen LogP contribution in [-0.4, -0.2) is 20.3 Å². The van der Waals surface area contributed by atoms with E-state index in [0.29, 0.717) is 5.65 Å². The van der Waals surface area contributed by atoms with Gasteiger partial charge >= 0.3 is 5.97 Å². The normalized spacial score (nSPS) is 10.6. The van der Waals surface area contributed by atoms with E-state index in [4.69, 9.17) is 4.74 Å². The molecule has 0 aliphatic rings. The predicted molar refractivity (Wildman–Crippen MR) is 88.4 cm³/mol. The van der Waals surface area contributed by atoms with Crippen LogP contribution in [0.2, 0.25) is 0 Å². The number of para-hydroxylation sites is 1. The highest BCUT2D eigenvalue weighted by molar-refractivity contribution is 5.93. The molecule has 0 amide bonds. The molecular weight excluding hydrogens is 326 g/mol. The summed E-state index contributed by atoms with van der Waals surface area (Å²) < 4.78 is 6.49. The molecule has 126 valence electrons. The molecule has 0 radical (unpaired) electrons. The number of esters is 1. The molecule has 0 saturated carbocycles. The zero-order chi connectivity index (χ0) is 18.0. The van der Waals surface area contributed by atoms with Crippen molar-refractivity contribution < 1.29 is 14.5 Å². The zero-order valence-electron chi connectivity index (χ0n) is 13.2. The van der Waals surface area contributed by atoms with Gasteiger partial charge in [-0.3, -0.25) is 19.3 Å². The average molecular weight is 339 g/mol. The Morgan fingerprint density at radius 3 is 2.80 bits per heavy atom. The van der Waals surface area contributed by atoms with Gasteiger partial charge in [0.1, 0.15) is 17.8 Å². The maximum atomic E-state index is 12.1. The molecule has 0 fully saturated rings. The van der Waals surface area contributed by atoms with E-state index in [0.717, 1.165) is 5.56 Å². The molecule has 0 bridgehead atoms. The van der Waals surface area contributed by atoms with Crippen LogP contribution in [0.15, 0.2) is 53.5 Å². The maximum absolute atomic E-state index is 12.1. The Labute approximate surface area is 141 Å². The van der Waals surface area contributed by atoms with Crippen molar-refractivity contribution in [3.8, 4) is 0 Å². The summed E-state index contributed by atoms with van der Waals surface area (Å²) in [5, 5.41) is 11.0. The average Bonchev–Trinajstić information content (AvgIpc) is 2.60. The highest BCUT2D eigenvalue weighted by Crippen LogP contribution is 2.19. The van der Waals surface area contributed by atoms with Crippen LogP contribution in [0, 0.1) is 17.0 Å². The van der Waals surface area contributed by atoms with Gasteiger partial charge in [-0.2, -0.15) is 0 Å². The van der Waals surface area contributed by atoms with Crippen molar-refractivity contribution in [3.05, 3.63) is 86.0 Å². The summed E-state index contributed by atoms with van der Waals surface area (Å²) >= 11 is 0. The van der Waals surface area contributed by atoms with Gasteiger partial charge in [0.25, 0.3) is 11.2 Å². The molecule has 0 saturated heterocycles. The molecule has 0 unspecified atom stereocenters. The summed E-state index contributed by atoms with van der Waals surface area (Å²) in [6.45, 7) is 1.55. The van der Waals surface area contributed by atoms with Gasteiger partial charge in [0.15, 0.2) is 0 Å². The molecule has 3 rings (SSSR count). The van der Waals surface area contributed by atoms with E-state index in [1.165, 1.54) is 34.7 Å². The molecule has 0 atom stereocenters. The number of hydrogen-bond acceptors (Lipinski definition) is 6. The minimum absolute atomic E-state index is 0.152. The first-order valence-electron chi connectivity index (χ1n) is 7.36. The van der Waals surface area contributed by atoms with E-state index in [-0.39, 0.29) is 29.1 Å². The lowest BCUT2D eigenvalue weighted by Gasteiger charge is -2.07. The fourth-order valence-electron chi connectivity index (χ4n) is 2.41. The summed E-state index contributed by atoms with van der Waals surface area (Å²) in [5.41, 5.74) is 0.742. The lowest BCUT2D eigenvalue weighted by Crippen LogP contribution is -2.17. The second-order valence-electron chi connectivity index (χ2n) is 5.32. The zero-order valence-corrected chi connectivity index (χ0v) is 13.2. The van der Waals surface area contributed by atoms with Crippen LogP contribution in [0.3, 0.4) is 0 Å². The number of benzene rings is 1. The highest BCUT2D eigenvalue weighted by Gasteiger charge is 2.20. The molecule has 1 aromatic carbocycles. The van der Waals surface area contributed by atoms with E-state index in [1.807, 2.05) is 13.0 Å². The number of aryl methyl sites for hydroxylation is 1. The first-order valence-corrected chi connectivity index (χ1v) is 7.36. The number of aromatic nitrogens is 2. The number of carbonyl (C=O) groups excluding carboxylic acids is 1. The Morgan fingerprint density at radius 1 is 1.28 bits per heavy atom. The molecule has 8 heteroatoms. The molecule has 2 heterocycles. The minimum Gasteiger partial charge on any atom is -0.455 e. The van der Waals surface area contributed by atoms with Crippen molar-refractivity contribution >= 4 is 17.3 Å². The Balaban J connectivity index is 1.86. The summed E-state index contributed by atoms with van der Waals surface area (Å²) in [4.78, 5) is 38.9. The quantitative estimate of drug-likeness (QED) is 0.410. The van der Waals surface area contributed by atoms with Gasteiger partial charge in [0, 0.05) is 18.3 Å². The van der Waals surface area contributed by atoms with E-state index < -0.39 is 10.9 Å². The topological polar surface area (TPSA) is 104 Å². The molecule has 0 aliphatic heterocycles. The van der Waals surface area contributed by atoms with E-state index >= 15 is 0 Å². The monoisotopic (exact) mass is 339 g/mol. The van der Waals surface area contributed by atoms with Crippen LogP contribution in [-0.2, 0) is 11.3 Å². The largest absolute Gasteiger partial charge is 0.455 e. The summed E-state index contributed by atoms with van der Waals surface area (Å²) in [5.74, 6) is -0.848. The maximum Gasteiger partial charge on any atom is 0.345 e. The van der Waals surface area contributed by atoms with Gasteiger partial charge in [-0.05, 0) is 24.6 Å². The standard InChI is InChI=1S/C17H13N3O5/c1-11-5-4-8-19-15(21)9-12(18-16(11)19)10-25-17(22)13-6-2-3-7-14(13)20(23)24/h2-9H,10H2,1H3. The number of rotatable bonds is 4. The van der Waals surface area contributed by atoms with E-state index in [9.17, 15) is 19.7 Å². The third kappa shape index (κ3) is 3.23. The molecule has 3 aromatic rings. The van der Waals surface area contributed by atoms with Gasteiger partial charge in [-0.15, -0.1) is 0 Å². The van der Waals surface area contributed by atoms with Crippen molar-refractivity contribution in [2.45, 2.75) is 13.5 Å². The number of nitro groups is 1. The molecular formula is C17H13N3O5. The van der Waals surface area contributed by atoms with Crippen LogP contribution in [0.1, 0.15) is 21.6 Å². The Morgan fingerprint density at radius 2 is 2.04 bits per heavy atom. The fraction of sp³-hybridized carbons (Fsp3) is 0.118. The van der Waals surface area contributed by atoms with E-state index in [2.05, 4.69) is 4.98 Å². The highest BCUT2D eigenvalue weighted by atomic mass is 16.6. The fourth-order valence-corrected chi connectivity index (χ4v) is 2.41. The summed E-state index contributed by atoms with van der Waals surface area (Å²) in [7, 11) is 0. The lowest BCUT2D eigenvalue weighted by molar-refractivity contribution is -0.385. The Bertz CT molecular complexity index is 1040. The molecule has 0 aliphatic carbocycles.